The molecule has 1 N–H and O–H groups in total. The van der Waals surface area contributed by atoms with E-state index < -0.39 is 0 Å². The zero-order valence-corrected chi connectivity index (χ0v) is 13.1. The Balaban J connectivity index is 2.87. The SMILES string of the molecule is CCCNC(Cc1ccncc1)C(C)(CC)N(C)C. The van der Waals surface area contributed by atoms with Gasteiger partial charge in [-0.3, -0.25) is 4.98 Å². The van der Waals surface area contributed by atoms with Gasteiger partial charge in [-0.05, 0) is 64.5 Å². The Kier molecular flexibility index (Phi) is 6.46. The van der Waals surface area contributed by atoms with Crippen LogP contribution in [0.3, 0.4) is 0 Å². The van der Waals surface area contributed by atoms with Gasteiger partial charge in [0.2, 0.25) is 0 Å². The van der Waals surface area contributed by atoms with Crippen molar-refractivity contribution in [2.24, 2.45) is 0 Å². The van der Waals surface area contributed by atoms with Gasteiger partial charge >= 0.3 is 0 Å². The number of nitrogens with zero attached hydrogens (tertiary/aromatic N) is 2. The Labute approximate surface area is 118 Å². The highest BCUT2D eigenvalue weighted by atomic mass is 15.2. The number of hydrogen-bond acceptors (Lipinski definition) is 3. The van der Waals surface area contributed by atoms with E-state index >= 15 is 0 Å². The molecule has 0 bridgehead atoms. The number of pyridine rings is 1. The number of aromatic nitrogens is 1. The lowest BCUT2D eigenvalue weighted by Crippen LogP contribution is -2.57. The second-order valence-electron chi connectivity index (χ2n) is 5.67. The molecule has 1 rings (SSSR count). The molecule has 0 saturated carbocycles. The minimum Gasteiger partial charge on any atom is -0.312 e. The molecule has 0 amide bonds. The highest BCUT2D eigenvalue weighted by molar-refractivity contribution is 5.14. The molecule has 0 aliphatic rings. The van der Waals surface area contributed by atoms with Crippen LogP contribution in [0.5, 0.6) is 0 Å². The largest absolute Gasteiger partial charge is 0.312 e. The summed E-state index contributed by atoms with van der Waals surface area (Å²) in [4.78, 5) is 6.45. The Morgan fingerprint density at radius 2 is 1.89 bits per heavy atom. The maximum atomic E-state index is 4.10. The van der Waals surface area contributed by atoms with Gasteiger partial charge in [-0.2, -0.15) is 0 Å². The molecular weight excluding hydrogens is 234 g/mol. The van der Waals surface area contributed by atoms with Crippen molar-refractivity contribution in [3.8, 4) is 0 Å². The van der Waals surface area contributed by atoms with Crippen molar-refractivity contribution in [1.82, 2.24) is 15.2 Å². The van der Waals surface area contributed by atoms with E-state index in [1.807, 2.05) is 12.4 Å². The molecule has 19 heavy (non-hydrogen) atoms. The molecule has 0 saturated heterocycles. The lowest BCUT2D eigenvalue weighted by Gasteiger charge is -2.43. The molecule has 3 nitrogen and oxygen atoms in total. The molecule has 108 valence electrons. The summed E-state index contributed by atoms with van der Waals surface area (Å²) in [5.74, 6) is 0. The number of likely N-dealkylation sites (N-methyl/N-ethyl adjacent to an activating group) is 1. The summed E-state index contributed by atoms with van der Waals surface area (Å²) in [6.45, 7) is 7.91. The van der Waals surface area contributed by atoms with E-state index in [0.29, 0.717) is 6.04 Å². The standard InChI is InChI=1S/C16H29N3/c1-6-10-18-15(16(3,7-2)19(4)5)13-14-8-11-17-12-9-14/h8-9,11-12,15,18H,6-7,10,13H2,1-5H3. The van der Waals surface area contributed by atoms with Crippen LogP contribution in [-0.4, -0.2) is 42.1 Å². The molecule has 2 atom stereocenters. The highest BCUT2D eigenvalue weighted by Gasteiger charge is 2.34. The third kappa shape index (κ3) is 4.29. The van der Waals surface area contributed by atoms with Gasteiger partial charge in [-0.25, -0.2) is 0 Å². The summed E-state index contributed by atoms with van der Waals surface area (Å²) in [5.41, 5.74) is 1.52. The molecule has 0 aliphatic carbocycles. The first kappa shape index (κ1) is 16.1. The average molecular weight is 263 g/mol. The maximum Gasteiger partial charge on any atom is 0.0328 e. The Morgan fingerprint density at radius 3 is 2.37 bits per heavy atom. The normalized spacial score (nSPS) is 16.3. The van der Waals surface area contributed by atoms with Crippen LogP contribution in [0.25, 0.3) is 0 Å². The number of hydrogen-bond donors (Lipinski definition) is 1. The van der Waals surface area contributed by atoms with E-state index in [9.17, 15) is 0 Å². The molecule has 3 heteroatoms. The van der Waals surface area contributed by atoms with Crippen molar-refractivity contribution in [3.63, 3.8) is 0 Å². The van der Waals surface area contributed by atoms with Crippen LogP contribution in [-0.2, 0) is 6.42 Å². The molecule has 1 aromatic rings. The summed E-state index contributed by atoms with van der Waals surface area (Å²) in [5, 5.41) is 3.73. The van der Waals surface area contributed by atoms with Crippen molar-refractivity contribution in [1.29, 1.82) is 0 Å². The van der Waals surface area contributed by atoms with Crippen LogP contribution >= 0.6 is 0 Å². The number of rotatable bonds is 8. The van der Waals surface area contributed by atoms with E-state index in [1.165, 1.54) is 12.0 Å². The predicted octanol–water partition coefficient (Wildman–Crippen LogP) is 2.72. The first-order valence-electron chi connectivity index (χ1n) is 7.34. The van der Waals surface area contributed by atoms with Gasteiger partial charge in [-0.15, -0.1) is 0 Å². The van der Waals surface area contributed by atoms with E-state index in [-0.39, 0.29) is 5.54 Å². The van der Waals surface area contributed by atoms with Gasteiger partial charge < -0.3 is 10.2 Å². The summed E-state index contributed by atoms with van der Waals surface area (Å²) in [6.07, 6.45) is 7.11. The summed E-state index contributed by atoms with van der Waals surface area (Å²) in [6, 6.07) is 4.69. The van der Waals surface area contributed by atoms with Crippen molar-refractivity contribution in [2.75, 3.05) is 20.6 Å². The molecule has 0 spiro atoms. The quantitative estimate of drug-likeness (QED) is 0.781. The van der Waals surface area contributed by atoms with Crippen LogP contribution in [0.15, 0.2) is 24.5 Å². The fraction of sp³-hybridized carbons (Fsp3) is 0.688. The second-order valence-corrected chi connectivity index (χ2v) is 5.67. The topological polar surface area (TPSA) is 28.2 Å². The Hall–Kier alpha value is -0.930. The van der Waals surface area contributed by atoms with Crippen molar-refractivity contribution >= 4 is 0 Å². The zero-order valence-electron chi connectivity index (χ0n) is 13.1. The van der Waals surface area contributed by atoms with Gasteiger partial charge in [0.1, 0.15) is 0 Å². The Morgan fingerprint density at radius 1 is 1.26 bits per heavy atom. The van der Waals surface area contributed by atoms with Crippen LogP contribution in [0.2, 0.25) is 0 Å². The van der Waals surface area contributed by atoms with E-state index in [1.54, 1.807) is 0 Å². The fourth-order valence-electron chi connectivity index (χ4n) is 2.46. The molecule has 0 aromatic carbocycles. The minimum absolute atomic E-state index is 0.165. The predicted molar refractivity (Wildman–Crippen MR) is 82.4 cm³/mol. The minimum atomic E-state index is 0.165. The summed E-state index contributed by atoms with van der Waals surface area (Å²) in [7, 11) is 4.35. The fourth-order valence-corrected chi connectivity index (χ4v) is 2.46. The Bertz CT molecular complexity index is 350. The molecule has 2 unspecified atom stereocenters. The van der Waals surface area contributed by atoms with Gasteiger partial charge in [0.25, 0.3) is 0 Å². The van der Waals surface area contributed by atoms with Crippen LogP contribution in [0.4, 0.5) is 0 Å². The van der Waals surface area contributed by atoms with Crippen LogP contribution < -0.4 is 5.32 Å². The first-order chi connectivity index (χ1) is 9.04. The van der Waals surface area contributed by atoms with E-state index in [2.05, 4.69) is 62.2 Å². The summed E-state index contributed by atoms with van der Waals surface area (Å²) >= 11 is 0. The van der Waals surface area contributed by atoms with Crippen molar-refractivity contribution in [3.05, 3.63) is 30.1 Å². The van der Waals surface area contributed by atoms with Crippen LogP contribution in [0, 0.1) is 0 Å². The van der Waals surface area contributed by atoms with Gasteiger partial charge in [0.05, 0.1) is 0 Å². The molecule has 0 fully saturated rings. The second kappa shape index (κ2) is 7.61. The maximum absolute atomic E-state index is 4.10. The molecule has 0 aliphatic heterocycles. The third-order valence-corrected chi connectivity index (χ3v) is 4.32. The third-order valence-electron chi connectivity index (χ3n) is 4.32. The molecule has 1 heterocycles. The molecule has 0 radical (unpaired) electrons. The van der Waals surface area contributed by atoms with Crippen molar-refractivity contribution < 1.29 is 0 Å². The van der Waals surface area contributed by atoms with E-state index in [0.717, 1.165) is 19.4 Å². The first-order valence-corrected chi connectivity index (χ1v) is 7.34. The zero-order chi connectivity index (χ0) is 14.3. The lowest BCUT2D eigenvalue weighted by molar-refractivity contribution is 0.112. The van der Waals surface area contributed by atoms with Crippen LogP contribution in [0.1, 0.15) is 39.2 Å². The van der Waals surface area contributed by atoms with Gasteiger partial charge in [0.15, 0.2) is 0 Å². The smallest absolute Gasteiger partial charge is 0.0328 e. The average Bonchev–Trinajstić information content (AvgIpc) is 2.43. The molecular formula is C16H29N3. The number of nitrogens with one attached hydrogen (secondary N) is 1. The summed E-state index contributed by atoms with van der Waals surface area (Å²) < 4.78 is 0. The molecule has 1 aromatic heterocycles. The van der Waals surface area contributed by atoms with Gasteiger partial charge in [-0.1, -0.05) is 13.8 Å². The van der Waals surface area contributed by atoms with E-state index in [4.69, 9.17) is 0 Å². The van der Waals surface area contributed by atoms with Crippen molar-refractivity contribution in [2.45, 2.75) is 51.6 Å². The highest BCUT2D eigenvalue weighted by Crippen LogP contribution is 2.23. The van der Waals surface area contributed by atoms with Gasteiger partial charge in [0, 0.05) is 24.0 Å². The monoisotopic (exact) mass is 263 g/mol. The lowest BCUT2D eigenvalue weighted by atomic mass is 9.84.